The Hall–Kier alpha value is -2.22. The van der Waals surface area contributed by atoms with E-state index in [0.717, 1.165) is 30.4 Å². The second kappa shape index (κ2) is 13.4. The minimum atomic E-state index is -0.923. The van der Waals surface area contributed by atoms with Gasteiger partial charge in [0.2, 0.25) is 11.8 Å². The first-order chi connectivity index (χ1) is 15.0. The molecule has 0 aromatic heterocycles. The van der Waals surface area contributed by atoms with E-state index in [2.05, 4.69) is 30.2 Å². The molecule has 8 heteroatoms. The van der Waals surface area contributed by atoms with Gasteiger partial charge in [0.05, 0.1) is 0 Å². The van der Waals surface area contributed by atoms with Gasteiger partial charge < -0.3 is 20.3 Å². The molecule has 2 atom stereocenters. The molecule has 0 heterocycles. The van der Waals surface area contributed by atoms with Crippen molar-refractivity contribution >= 4 is 30.5 Å². The number of nitrogens with one attached hydrogen (secondary N) is 2. The molecule has 180 valence electrons. The van der Waals surface area contributed by atoms with Gasteiger partial charge in [-0.25, -0.2) is 4.79 Å². The van der Waals surface area contributed by atoms with Crippen LogP contribution in [0.25, 0.3) is 0 Å². The molecule has 0 aliphatic rings. The fourth-order valence-electron chi connectivity index (χ4n) is 3.30. The van der Waals surface area contributed by atoms with Crippen LogP contribution < -0.4 is 10.6 Å². The number of hydrogen-bond acceptors (Lipinski definition) is 5. The van der Waals surface area contributed by atoms with E-state index in [4.69, 9.17) is 4.74 Å². The molecule has 0 spiro atoms. The van der Waals surface area contributed by atoms with Crippen LogP contribution in [0.5, 0.6) is 0 Å². The van der Waals surface area contributed by atoms with Crippen LogP contribution in [0.4, 0.5) is 4.79 Å². The average molecular weight is 466 g/mol. The summed E-state index contributed by atoms with van der Waals surface area (Å²) in [5.41, 5.74) is 1.03. The SMILES string of the molecule is CCCCCNC(=O)C(c1cccc(C)c1)N(CC)C(=O)C(CS)NC(=O)OC(C)(C)C. The molecule has 32 heavy (non-hydrogen) atoms. The summed E-state index contributed by atoms with van der Waals surface area (Å²) in [5, 5.41) is 5.56. The van der Waals surface area contributed by atoms with Crippen LogP contribution in [-0.2, 0) is 14.3 Å². The molecule has 1 aromatic rings. The number of ether oxygens (including phenoxy) is 1. The van der Waals surface area contributed by atoms with Crippen LogP contribution in [0.2, 0.25) is 0 Å². The molecule has 1 aromatic carbocycles. The van der Waals surface area contributed by atoms with Gasteiger partial charge in [0.25, 0.3) is 0 Å². The summed E-state index contributed by atoms with van der Waals surface area (Å²) in [6.45, 7) is 11.9. The molecule has 2 unspecified atom stereocenters. The summed E-state index contributed by atoms with van der Waals surface area (Å²) in [7, 11) is 0. The number of rotatable bonds is 11. The molecule has 7 nitrogen and oxygen atoms in total. The van der Waals surface area contributed by atoms with Gasteiger partial charge in [-0.05, 0) is 46.6 Å². The van der Waals surface area contributed by atoms with Crippen LogP contribution in [-0.4, -0.2) is 53.3 Å². The van der Waals surface area contributed by atoms with Crippen molar-refractivity contribution in [2.75, 3.05) is 18.8 Å². The minimum absolute atomic E-state index is 0.0766. The second-order valence-electron chi connectivity index (χ2n) is 8.82. The van der Waals surface area contributed by atoms with Crippen molar-refractivity contribution in [3.05, 3.63) is 35.4 Å². The fraction of sp³-hybridized carbons (Fsp3) is 0.625. The third-order valence-corrected chi connectivity index (χ3v) is 5.16. The third kappa shape index (κ3) is 9.10. The highest BCUT2D eigenvalue weighted by molar-refractivity contribution is 7.80. The molecule has 2 N–H and O–H groups in total. The molecule has 0 aliphatic carbocycles. The molecular weight excluding hydrogens is 426 g/mol. The highest BCUT2D eigenvalue weighted by Crippen LogP contribution is 2.23. The van der Waals surface area contributed by atoms with Crippen LogP contribution in [0.15, 0.2) is 24.3 Å². The topological polar surface area (TPSA) is 87.7 Å². The van der Waals surface area contributed by atoms with Crippen molar-refractivity contribution in [1.82, 2.24) is 15.5 Å². The number of alkyl carbamates (subject to hydrolysis) is 1. The van der Waals surface area contributed by atoms with Crippen LogP contribution >= 0.6 is 12.6 Å². The molecule has 0 aliphatic heterocycles. The Labute approximate surface area is 198 Å². The number of carbonyl (C=O) groups excluding carboxylic acids is 3. The summed E-state index contributed by atoms with van der Waals surface area (Å²) in [6.07, 6.45) is 2.25. The summed E-state index contributed by atoms with van der Waals surface area (Å²) in [5.74, 6) is -0.548. The number of benzene rings is 1. The van der Waals surface area contributed by atoms with Crippen LogP contribution in [0, 0.1) is 6.92 Å². The van der Waals surface area contributed by atoms with Crippen molar-refractivity contribution in [2.24, 2.45) is 0 Å². The fourth-order valence-corrected chi connectivity index (χ4v) is 3.54. The maximum Gasteiger partial charge on any atom is 0.408 e. The monoisotopic (exact) mass is 465 g/mol. The molecule has 0 fully saturated rings. The van der Waals surface area contributed by atoms with Gasteiger partial charge >= 0.3 is 6.09 Å². The summed E-state index contributed by atoms with van der Waals surface area (Å²) < 4.78 is 5.28. The van der Waals surface area contributed by atoms with E-state index in [0.29, 0.717) is 13.1 Å². The number of carbonyl (C=O) groups is 3. The Bertz CT molecular complexity index is 764. The van der Waals surface area contributed by atoms with Gasteiger partial charge in [0.1, 0.15) is 17.7 Å². The van der Waals surface area contributed by atoms with Gasteiger partial charge in [-0.2, -0.15) is 12.6 Å². The molecule has 3 amide bonds. The predicted molar refractivity (Wildman–Crippen MR) is 131 cm³/mol. The number of amides is 3. The van der Waals surface area contributed by atoms with Gasteiger partial charge in [-0.1, -0.05) is 49.6 Å². The standard InChI is InChI=1S/C24H39N3O4S/c1-7-9-10-14-25-21(28)20(18-13-11-12-17(3)15-18)27(8-2)22(29)19(16-32)26-23(30)31-24(4,5)6/h11-13,15,19-20,32H,7-10,14,16H2,1-6H3,(H,25,28)(H,26,30). The summed E-state index contributed by atoms with van der Waals surface area (Å²) in [4.78, 5) is 40.4. The van der Waals surface area contributed by atoms with E-state index >= 15 is 0 Å². The first-order valence-corrected chi connectivity index (χ1v) is 11.9. The van der Waals surface area contributed by atoms with Crippen molar-refractivity contribution < 1.29 is 19.1 Å². The molecule has 0 saturated carbocycles. The minimum Gasteiger partial charge on any atom is -0.444 e. The number of nitrogens with zero attached hydrogens (tertiary/aromatic N) is 1. The second-order valence-corrected chi connectivity index (χ2v) is 9.19. The molecule has 1 rings (SSSR count). The van der Waals surface area contributed by atoms with E-state index < -0.39 is 23.8 Å². The van der Waals surface area contributed by atoms with E-state index in [1.165, 1.54) is 4.90 Å². The normalized spacial score (nSPS) is 13.1. The first-order valence-electron chi connectivity index (χ1n) is 11.3. The lowest BCUT2D eigenvalue weighted by atomic mass is 10.0. The molecule has 0 bridgehead atoms. The average Bonchev–Trinajstić information content (AvgIpc) is 2.71. The smallest absolute Gasteiger partial charge is 0.408 e. The largest absolute Gasteiger partial charge is 0.444 e. The summed E-state index contributed by atoms with van der Waals surface area (Å²) >= 11 is 4.26. The molecular formula is C24H39N3O4S. The maximum atomic E-state index is 13.4. The lowest BCUT2D eigenvalue weighted by molar-refractivity contribution is -0.141. The van der Waals surface area contributed by atoms with Crippen LogP contribution in [0.1, 0.15) is 71.0 Å². The predicted octanol–water partition coefficient (Wildman–Crippen LogP) is 4.01. The lowest BCUT2D eigenvalue weighted by Crippen LogP contribution is -2.53. The molecule has 0 saturated heterocycles. The van der Waals surface area contributed by atoms with Gasteiger partial charge in [-0.3, -0.25) is 9.59 Å². The van der Waals surface area contributed by atoms with Crippen molar-refractivity contribution in [1.29, 1.82) is 0 Å². The third-order valence-electron chi connectivity index (χ3n) is 4.79. The number of unbranched alkanes of at least 4 members (excludes halogenated alkanes) is 2. The number of hydrogen-bond donors (Lipinski definition) is 3. The van der Waals surface area contributed by atoms with Crippen LogP contribution in [0.3, 0.4) is 0 Å². The van der Waals surface area contributed by atoms with E-state index in [1.54, 1.807) is 20.8 Å². The number of thiol groups is 1. The zero-order valence-corrected chi connectivity index (χ0v) is 21.1. The highest BCUT2D eigenvalue weighted by Gasteiger charge is 2.34. The van der Waals surface area contributed by atoms with Gasteiger partial charge in [0, 0.05) is 18.8 Å². The number of likely N-dealkylation sites (N-methyl/N-ethyl adjacent to an activating group) is 1. The Kier molecular flexibility index (Phi) is 11.6. The Morgan fingerprint density at radius 3 is 2.38 bits per heavy atom. The summed E-state index contributed by atoms with van der Waals surface area (Å²) in [6, 6.07) is 5.83. The highest BCUT2D eigenvalue weighted by atomic mass is 32.1. The zero-order chi connectivity index (χ0) is 24.3. The van der Waals surface area contributed by atoms with Gasteiger partial charge in [0.15, 0.2) is 0 Å². The lowest BCUT2D eigenvalue weighted by Gasteiger charge is -2.33. The van der Waals surface area contributed by atoms with E-state index in [9.17, 15) is 14.4 Å². The van der Waals surface area contributed by atoms with Crippen molar-refractivity contribution in [2.45, 2.75) is 78.5 Å². The Morgan fingerprint density at radius 2 is 1.84 bits per heavy atom. The molecule has 0 radical (unpaired) electrons. The van der Waals surface area contributed by atoms with E-state index in [-0.39, 0.29) is 17.6 Å². The quantitative estimate of drug-likeness (QED) is 0.340. The zero-order valence-electron chi connectivity index (χ0n) is 20.2. The first kappa shape index (κ1) is 27.8. The number of aryl methyl sites for hydroxylation is 1. The van der Waals surface area contributed by atoms with Crippen molar-refractivity contribution in [3.8, 4) is 0 Å². The Morgan fingerprint density at radius 1 is 1.16 bits per heavy atom. The van der Waals surface area contributed by atoms with Gasteiger partial charge in [-0.15, -0.1) is 0 Å². The van der Waals surface area contributed by atoms with Crippen molar-refractivity contribution in [3.63, 3.8) is 0 Å². The maximum absolute atomic E-state index is 13.4. The Balaban J connectivity index is 3.15. The van der Waals surface area contributed by atoms with E-state index in [1.807, 2.05) is 38.1 Å².